The van der Waals surface area contributed by atoms with Crippen LogP contribution in [0.2, 0.25) is 0 Å². The molecule has 0 radical (unpaired) electrons. The molecule has 2 heterocycles. The van der Waals surface area contributed by atoms with E-state index in [4.69, 9.17) is 0 Å². The number of benzene rings is 1. The lowest BCUT2D eigenvalue weighted by Gasteiger charge is -2.38. The average molecular weight is 340 g/mol. The van der Waals surface area contributed by atoms with Crippen molar-refractivity contribution in [3.63, 3.8) is 0 Å². The molecule has 0 bridgehead atoms. The van der Waals surface area contributed by atoms with Crippen molar-refractivity contribution in [3.05, 3.63) is 35.4 Å². The van der Waals surface area contributed by atoms with Gasteiger partial charge in [0.2, 0.25) is 0 Å². The topological polar surface area (TPSA) is 23.6 Å². The molecular formula is C18H23F3N2O. The highest BCUT2D eigenvalue weighted by molar-refractivity contribution is 5.94. The maximum Gasteiger partial charge on any atom is 0.416 e. The molecule has 0 aliphatic carbocycles. The van der Waals surface area contributed by atoms with E-state index in [1.54, 1.807) is 4.90 Å². The van der Waals surface area contributed by atoms with Crippen molar-refractivity contribution in [1.29, 1.82) is 0 Å². The summed E-state index contributed by atoms with van der Waals surface area (Å²) in [5.74, 6) is -0.273. The standard InChI is InChI=1S/C18H23F3N2O/c19-18(20,21)15-7-5-6-14(12-15)17(24)23-11-2-1-8-16(23)13-22-9-3-4-10-22/h5-7,12,16H,1-4,8-11,13H2. The van der Waals surface area contributed by atoms with Crippen LogP contribution in [0.15, 0.2) is 24.3 Å². The van der Waals surface area contributed by atoms with E-state index in [0.29, 0.717) is 6.54 Å². The van der Waals surface area contributed by atoms with E-state index in [9.17, 15) is 18.0 Å². The third-order valence-electron chi connectivity index (χ3n) is 4.99. The minimum atomic E-state index is -4.42. The lowest BCUT2D eigenvalue weighted by atomic mass is 9.99. The fourth-order valence-corrected chi connectivity index (χ4v) is 3.72. The molecule has 0 N–H and O–H groups in total. The van der Waals surface area contributed by atoms with Gasteiger partial charge in [0.05, 0.1) is 5.56 Å². The summed E-state index contributed by atoms with van der Waals surface area (Å²) in [6.07, 6.45) is 0.878. The van der Waals surface area contributed by atoms with E-state index in [0.717, 1.165) is 51.0 Å². The van der Waals surface area contributed by atoms with E-state index in [1.165, 1.54) is 25.0 Å². The zero-order chi connectivity index (χ0) is 17.2. The highest BCUT2D eigenvalue weighted by Crippen LogP contribution is 2.30. The number of hydrogen-bond acceptors (Lipinski definition) is 2. The van der Waals surface area contributed by atoms with Crippen molar-refractivity contribution in [2.75, 3.05) is 26.2 Å². The van der Waals surface area contributed by atoms with Gasteiger partial charge in [-0.25, -0.2) is 0 Å². The van der Waals surface area contributed by atoms with Crippen LogP contribution in [0, 0.1) is 0 Å². The quantitative estimate of drug-likeness (QED) is 0.836. The highest BCUT2D eigenvalue weighted by atomic mass is 19.4. The summed E-state index contributed by atoms with van der Waals surface area (Å²) < 4.78 is 38.7. The third-order valence-corrected chi connectivity index (χ3v) is 4.99. The molecule has 1 amide bonds. The van der Waals surface area contributed by atoms with Gasteiger partial charge in [0.1, 0.15) is 0 Å². The molecule has 2 aliphatic heterocycles. The summed E-state index contributed by atoms with van der Waals surface area (Å²) in [7, 11) is 0. The Balaban J connectivity index is 1.76. The van der Waals surface area contributed by atoms with Gasteiger partial charge in [-0.1, -0.05) is 6.07 Å². The van der Waals surface area contributed by atoms with Gasteiger partial charge in [-0.15, -0.1) is 0 Å². The minimum Gasteiger partial charge on any atom is -0.334 e. The third kappa shape index (κ3) is 3.91. The van der Waals surface area contributed by atoms with Gasteiger partial charge in [-0.2, -0.15) is 13.2 Å². The second-order valence-corrected chi connectivity index (χ2v) is 6.73. The SMILES string of the molecule is O=C(c1cccc(C(F)(F)F)c1)N1CCCCC1CN1CCCC1. The second-order valence-electron chi connectivity index (χ2n) is 6.73. The van der Waals surface area contributed by atoms with E-state index in [2.05, 4.69) is 4.90 Å². The van der Waals surface area contributed by atoms with Crippen LogP contribution < -0.4 is 0 Å². The fraction of sp³-hybridized carbons (Fsp3) is 0.611. The molecule has 2 fully saturated rings. The molecule has 0 aromatic heterocycles. The van der Waals surface area contributed by atoms with E-state index >= 15 is 0 Å². The Morgan fingerprint density at radius 2 is 1.79 bits per heavy atom. The molecule has 1 atom stereocenters. The first-order valence-corrected chi connectivity index (χ1v) is 8.66. The van der Waals surface area contributed by atoms with E-state index in [1.807, 2.05) is 0 Å². The number of carbonyl (C=O) groups is 1. The van der Waals surface area contributed by atoms with Crippen molar-refractivity contribution in [1.82, 2.24) is 9.80 Å². The second kappa shape index (κ2) is 7.13. The number of rotatable bonds is 3. The number of hydrogen-bond donors (Lipinski definition) is 0. The van der Waals surface area contributed by atoms with Crippen LogP contribution in [-0.4, -0.2) is 47.9 Å². The van der Waals surface area contributed by atoms with Crippen molar-refractivity contribution in [2.45, 2.75) is 44.3 Å². The molecule has 2 aliphatic rings. The number of alkyl halides is 3. The Labute approximate surface area is 140 Å². The lowest BCUT2D eigenvalue weighted by Crippen LogP contribution is -2.49. The van der Waals surface area contributed by atoms with Gasteiger partial charge >= 0.3 is 6.18 Å². The average Bonchev–Trinajstić information content (AvgIpc) is 3.07. The predicted octanol–water partition coefficient (Wildman–Crippen LogP) is 3.80. The van der Waals surface area contributed by atoms with Gasteiger partial charge < -0.3 is 9.80 Å². The van der Waals surface area contributed by atoms with E-state index in [-0.39, 0.29) is 17.5 Å². The highest BCUT2D eigenvalue weighted by Gasteiger charge is 2.33. The largest absolute Gasteiger partial charge is 0.416 e. The molecule has 3 rings (SSSR count). The van der Waals surface area contributed by atoms with Gasteiger partial charge in [-0.05, 0) is 63.4 Å². The number of carbonyl (C=O) groups excluding carboxylic acids is 1. The number of likely N-dealkylation sites (tertiary alicyclic amines) is 2. The van der Waals surface area contributed by atoms with Crippen molar-refractivity contribution >= 4 is 5.91 Å². The zero-order valence-electron chi connectivity index (χ0n) is 13.7. The van der Waals surface area contributed by atoms with E-state index < -0.39 is 11.7 Å². The summed E-state index contributed by atoms with van der Waals surface area (Å²) in [5.41, 5.74) is -0.625. The molecular weight excluding hydrogens is 317 g/mol. The molecule has 132 valence electrons. The first-order valence-electron chi connectivity index (χ1n) is 8.66. The zero-order valence-corrected chi connectivity index (χ0v) is 13.7. The lowest BCUT2D eigenvalue weighted by molar-refractivity contribution is -0.137. The monoisotopic (exact) mass is 340 g/mol. The van der Waals surface area contributed by atoms with Crippen LogP contribution in [0.3, 0.4) is 0 Å². The van der Waals surface area contributed by atoms with Crippen LogP contribution in [0.1, 0.15) is 48.0 Å². The summed E-state index contributed by atoms with van der Waals surface area (Å²) in [4.78, 5) is 17.0. The van der Waals surface area contributed by atoms with Crippen molar-refractivity contribution < 1.29 is 18.0 Å². The molecule has 1 aromatic rings. The number of piperidine rings is 1. The van der Waals surface area contributed by atoms with Crippen LogP contribution in [0.25, 0.3) is 0 Å². The summed E-state index contributed by atoms with van der Waals surface area (Å²) >= 11 is 0. The number of amides is 1. The smallest absolute Gasteiger partial charge is 0.334 e. The van der Waals surface area contributed by atoms with Gasteiger partial charge in [0.25, 0.3) is 5.91 Å². The van der Waals surface area contributed by atoms with Crippen LogP contribution in [0.5, 0.6) is 0 Å². The molecule has 1 aromatic carbocycles. The Bertz CT molecular complexity index is 582. The van der Waals surface area contributed by atoms with Crippen LogP contribution in [-0.2, 0) is 6.18 Å². The maximum absolute atomic E-state index is 12.9. The molecule has 0 spiro atoms. The maximum atomic E-state index is 12.9. The Morgan fingerprint density at radius 1 is 1.08 bits per heavy atom. The first-order chi connectivity index (χ1) is 11.4. The number of halogens is 3. The normalized spacial score (nSPS) is 22.8. The summed E-state index contributed by atoms with van der Waals surface area (Å²) in [6.45, 7) is 3.59. The van der Waals surface area contributed by atoms with Gasteiger partial charge in [0.15, 0.2) is 0 Å². The van der Waals surface area contributed by atoms with Gasteiger partial charge in [-0.3, -0.25) is 4.79 Å². The summed E-state index contributed by atoms with van der Waals surface area (Å²) in [5, 5.41) is 0. The molecule has 0 saturated carbocycles. The molecule has 3 nitrogen and oxygen atoms in total. The Kier molecular flexibility index (Phi) is 5.13. The minimum absolute atomic E-state index is 0.110. The van der Waals surface area contributed by atoms with Crippen LogP contribution in [0.4, 0.5) is 13.2 Å². The van der Waals surface area contributed by atoms with Gasteiger partial charge in [0, 0.05) is 24.7 Å². The fourth-order valence-electron chi connectivity index (χ4n) is 3.72. The Hall–Kier alpha value is -1.56. The Morgan fingerprint density at radius 3 is 2.50 bits per heavy atom. The summed E-state index contributed by atoms with van der Waals surface area (Å²) in [6, 6.07) is 4.89. The molecule has 6 heteroatoms. The van der Waals surface area contributed by atoms with Crippen molar-refractivity contribution in [2.24, 2.45) is 0 Å². The molecule has 1 unspecified atom stereocenters. The van der Waals surface area contributed by atoms with Crippen LogP contribution >= 0.6 is 0 Å². The first kappa shape index (κ1) is 17.3. The molecule has 24 heavy (non-hydrogen) atoms. The predicted molar refractivity (Wildman–Crippen MR) is 85.8 cm³/mol. The number of nitrogens with zero attached hydrogens (tertiary/aromatic N) is 2. The van der Waals surface area contributed by atoms with Crippen molar-refractivity contribution in [3.8, 4) is 0 Å². The molecule has 2 saturated heterocycles.